The molecule has 2 rings (SSSR count). The second kappa shape index (κ2) is 9.19. The third-order valence-electron chi connectivity index (χ3n) is 3.98. The number of hydrogen-bond acceptors (Lipinski definition) is 2. The number of carbonyl (C=O) groups is 1. The van der Waals surface area contributed by atoms with E-state index >= 15 is 0 Å². The fourth-order valence-electron chi connectivity index (χ4n) is 2.68. The third kappa shape index (κ3) is 5.59. The lowest BCUT2D eigenvalue weighted by atomic mass is 10.1. The molecule has 23 heavy (non-hydrogen) atoms. The molecule has 1 aromatic carbocycles. The average molecular weight is 313 g/mol. The Bertz CT molecular complexity index is 589. The number of amides is 1. The Kier molecular flexibility index (Phi) is 6.92. The molecule has 1 aromatic heterocycles. The number of aryl methyl sites for hydroxylation is 1. The van der Waals surface area contributed by atoms with Crippen LogP contribution in [0.4, 0.5) is 0 Å². The zero-order valence-electron chi connectivity index (χ0n) is 14.3. The highest BCUT2D eigenvalue weighted by molar-refractivity contribution is 5.94. The lowest BCUT2D eigenvalue weighted by Gasteiger charge is -2.22. The van der Waals surface area contributed by atoms with Crippen molar-refractivity contribution in [2.24, 2.45) is 0 Å². The van der Waals surface area contributed by atoms with Gasteiger partial charge in [0.25, 0.3) is 5.91 Å². The molecule has 0 bridgehead atoms. The van der Waals surface area contributed by atoms with Crippen LogP contribution < -0.4 is 0 Å². The fraction of sp³-hybridized carbons (Fsp3) is 0.450. The van der Waals surface area contributed by atoms with Crippen LogP contribution in [0.3, 0.4) is 0 Å². The molecular formula is C20H27NO2. The van der Waals surface area contributed by atoms with Crippen molar-refractivity contribution in [2.45, 2.75) is 52.5 Å². The van der Waals surface area contributed by atoms with Gasteiger partial charge in [0.2, 0.25) is 0 Å². The smallest absolute Gasteiger partial charge is 0.254 e. The van der Waals surface area contributed by atoms with Gasteiger partial charge in [-0.3, -0.25) is 4.79 Å². The Morgan fingerprint density at radius 1 is 1.00 bits per heavy atom. The van der Waals surface area contributed by atoms with E-state index in [-0.39, 0.29) is 5.91 Å². The summed E-state index contributed by atoms with van der Waals surface area (Å²) in [7, 11) is 0. The molecule has 1 amide bonds. The molecule has 2 aromatic rings. The van der Waals surface area contributed by atoms with E-state index in [0.717, 1.165) is 30.0 Å². The maximum atomic E-state index is 12.8. The van der Waals surface area contributed by atoms with Crippen LogP contribution >= 0.6 is 0 Å². The van der Waals surface area contributed by atoms with E-state index in [1.165, 1.54) is 25.7 Å². The van der Waals surface area contributed by atoms with E-state index in [1.807, 2.05) is 54.3 Å². The van der Waals surface area contributed by atoms with Crippen molar-refractivity contribution in [3.63, 3.8) is 0 Å². The predicted octanol–water partition coefficient (Wildman–Crippen LogP) is 5.20. The lowest BCUT2D eigenvalue weighted by molar-refractivity contribution is 0.0727. The number of furan rings is 1. The first kappa shape index (κ1) is 17.3. The third-order valence-corrected chi connectivity index (χ3v) is 3.98. The van der Waals surface area contributed by atoms with Crippen molar-refractivity contribution in [1.82, 2.24) is 4.90 Å². The molecule has 0 radical (unpaired) electrons. The molecule has 3 nitrogen and oxygen atoms in total. The van der Waals surface area contributed by atoms with Crippen LogP contribution in [0.15, 0.2) is 46.9 Å². The van der Waals surface area contributed by atoms with Crippen LogP contribution in [0.25, 0.3) is 0 Å². The van der Waals surface area contributed by atoms with Gasteiger partial charge in [0.15, 0.2) is 0 Å². The molecule has 124 valence electrons. The molecule has 0 aliphatic rings. The largest absolute Gasteiger partial charge is 0.464 e. The minimum atomic E-state index is 0.0788. The standard InChI is InChI=1S/C20H27NO2/c1-3-4-5-6-10-15-21(16-19-14-13-17(2)23-19)20(22)18-11-8-7-9-12-18/h7-9,11-14H,3-6,10,15-16H2,1-2H3. The molecule has 0 unspecified atom stereocenters. The summed E-state index contributed by atoms with van der Waals surface area (Å²) in [5.74, 6) is 1.81. The Morgan fingerprint density at radius 3 is 2.39 bits per heavy atom. The first-order valence-electron chi connectivity index (χ1n) is 8.60. The van der Waals surface area contributed by atoms with Gasteiger partial charge in [0.05, 0.1) is 6.54 Å². The van der Waals surface area contributed by atoms with Crippen LogP contribution in [0.2, 0.25) is 0 Å². The van der Waals surface area contributed by atoms with Gasteiger partial charge in [-0.1, -0.05) is 50.8 Å². The summed E-state index contributed by atoms with van der Waals surface area (Å²) in [6.45, 7) is 5.45. The summed E-state index contributed by atoms with van der Waals surface area (Å²) in [5, 5.41) is 0. The highest BCUT2D eigenvalue weighted by Gasteiger charge is 2.17. The summed E-state index contributed by atoms with van der Waals surface area (Å²) >= 11 is 0. The minimum Gasteiger partial charge on any atom is -0.464 e. The second-order valence-electron chi connectivity index (χ2n) is 6.02. The van der Waals surface area contributed by atoms with Gasteiger partial charge < -0.3 is 9.32 Å². The Labute approximate surface area is 139 Å². The molecule has 3 heteroatoms. The molecule has 0 saturated heterocycles. The normalized spacial score (nSPS) is 10.7. The second-order valence-corrected chi connectivity index (χ2v) is 6.02. The molecular weight excluding hydrogens is 286 g/mol. The van der Waals surface area contributed by atoms with E-state index in [2.05, 4.69) is 6.92 Å². The molecule has 0 fully saturated rings. The van der Waals surface area contributed by atoms with Gasteiger partial charge in [-0.2, -0.15) is 0 Å². The number of nitrogens with zero attached hydrogens (tertiary/aromatic N) is 1. The molecule has 0 spiro atoms. The maximum absolute atomic E-state index is 12.8. The first-order chi connectivity index (χ1) is 11.2. The van der Waals surface area contributed by atoms with E-state index in [4.69, 9.17) is 4.42 Å². The molecule has 1 heterocycles. The summed E-state index contributed by atoms with van der Waals surface area (Å²) in [6, 6.07) is 13.4. The number of unbranched alkanes of at least 4 members (excludes halogenated alkanes) is 4. The fourth-order valence-corrected chi connectivity index (χ4v) is 2.68. The zero-order chi connectivity index (χ0) is 16.5. The van der Waals surface area contributed by atoms with Gasteiger partial charge in [0, 0.05) is 12.1 Å². The van der Waals surface area contributed by atoms with Crippen LogP contribution in [-0.2, 0) is 6.54 Å². The number of benzene rings is 1. The van der Waals surface area contributed by atoms with Crippen molar-refractivity contribution < 1.29 is 9.21 Å². The predicted molar refractivity (Wildman–Crippen MR) is 93.4 cm³/mol. The average Bonchev–Trinajstić information content (AvgIpc) is 2.99. The highest BCUT2D eigenvalue weighted by Crippen LogP contribution is 2.14. The minimum absolute atomic E-state index is 0.0788. The van der Waals surface area contributed by atoms with Gasteiger partial charge in [0.1, 0.15) is 11.5 Å². The van der Waals surface area contributed by atoms with Crippen LogP contribution in [0, 0.1) is 6.92 Å². The molecule has 0 atom stereocenters. The maximum Gasteiger partial charge on any atom is 0.254 e. The highest BCUT2D eigenvalue weighted by atomic mass is 16.3. The summed E-state index contributed by atoms with van der Waals surface area (Å²) in [6.07, 6.45) is 5.95. The van der Waals surface area contributed by atoms with E-state index in [1.54, 1.807) is 0 Å². The zero-order valence-corrected chi connectivity index (χ0v) is 14.3. The molecule has 0 aliphatic heterocycles. The van der Waals surface area contributed by atoms with Crippen molar-refractivity contribution in [3.8, 4) is 0 Å². The summed E-state index contributed by atoms with van der Waals surface area (Å²) < 4.78 is 5.65. The number of hydrogen-bond donors (Lipinski definition) is 0. The topological polar surface area (TPSA) is 33.5 Å². The van der Waals surface area contributed by atoms with Crippen molar-refractivity contribution in [3.05, 3.63) is 59.5 Å². The monoisotopic (exact) mass is 313 g/mol. The van der Waals surface area contributed by atoms with E-state index < -0.39 is 0 Å². The Hall–Kier alpha value is -2.03. The Balaban J connectivity index is 1.99. The molecule has 0 aliphatic carbocycles. The van der Waals surface area contributed by atoms with Gasteiger partial charge in [-0.25, -0.2) is 0 Å². The summed E-state index contributed by atoms with van der Waals surface area (Å²) in [4.78, 5) is 14.7. The molecule has 0 saturated carbocycles. The van der Waals surface area contributed by atoms with Crippen LogP contribution in [0.1, 0.15) is 60.9 Å². The van der Waals surface area contributed by atoms with Gasteiger partial charge in [-0.15, -0.1) is 0 Å². The Morgan fingerprint density at radius 2 is 1.74 bits per heavy atom. The first-order valence-corrected chi connectivity index (χ1v) is 8.60. The SMILES string of the molecule is CCCCCCCN(Cc1ccc(C)o1)C(=O)c1ccccc1. The van der Waals surface area contributed by atoms with Crippen LogP contribution in [-0.4, -0.2) is 17.4 Å². The lowest BCUT2D eigenvalue weighted by Crippen LogP contribution is -2.31. The van der Waals surface area contributed by atoms with Gasteiger partial charge in [-0.05, 0) is 37.6 Å². The van der Waals surface area contributed by atoms with E-state index in [0.29, 0.717) is 6.54 Å². The number of rotatable bonds is 9. The van der Waals surface area contributed by atoms with Crippen molar-refractivity contribution in [2.75, 3.05) is 6.54 Å². The van der Waals surface area contributed by atoms with Crippen molar-refractivity contribution >= 4 is 5.91 Å². The van der Waals surface area contributed by atoms with Crippen LogP contribution in [0.5, 0.6) is 0 Å². The van der Waals surface area contributed by atoms with E-state index in [9.17, 15) is 4.79 Å². The van der Waals surface area contributed by atoms with Crippen molar-refractivity contribution in [1.29, 1.82) is 0 Å². The number of carbonyl (C=O) groups excluding carboxylic acids is 1. The molecule has 0 N–H and O–H groups in total. The quantitative estimate of drug-likeness (QED) is 0.596. The van der Waals surface area contributed by atoms with Gasteiger partial charge >= 0.3 is 0 Å². The summed E-state index contributed by atoms with van der Waals surface area (Å²) in [5.41, 5.74) is 0.740.